The van der Waals surface area contributed by atoms with Crippen molar-refractivity contribution in [2.75, 3.05) is 21.3 Å². The quantitative estimate of drug-likeness (QED) is 0.826. The van der Waals surface area contributed by atoms with Gasteiger partial charge in [0.25, 0.3) is 10.0 Å². The molecule has 1 aliphatic rings. The molecule has 0 spiro atoms. The molecule has 140 valence electrons. The Bertz CT molecular complexity index is 1070. The third-order valence-electron chi connectivity index (χ3n) is 3.99. The van der Waals surface area contributed by atoms with Gasteiger partial charge >= 0.3 is 0 Å². The van der Waals surface area contributed by atoms with Crippen molar-refractivity contribution >= 4 is 43.0 Å². The molecule has 3 rings (SSSR count). The number of hydrogen-bond donors (Lipinski definition) is 1. The van der Waals surface area contributed by atoms with Crippen molar-refractivity contribution in [2.45, 2.75) is 18.2 Å². The zero-order chi connectivity index (χ0) is 19.1. The topological polar surface area (TPSA) is 83.6 Å². The maximum Gasteiger partial charge on any atom is 0.262 e. The summed E-state index contributed by atoms with van der Waals surface area (Å²) in [6, 6.07) is 7.60. The molecule has 1 fully saturated rings. The van der Waals surface area contributed by atoms with Gasteiger partial charge in [-0.15, -0.1) is 0 Å². The van der Waals surface area contributed by atoms with Crippen molar-refractivity contribution in [3.05, 3.63) is 52.8 Å². The van der Waals surface area contributed by atoms with Crippen molar-refractivity contribution in [1.82, 2.24) is 0 Å². The second-order valence-electron chi connectivity index (χ2n) is 5.92. The average Bonchev–Trinajstić information content (AvgIpc) is 2.87. The standard InChI is InChI=1S/C16H16ClFN2O4S2/c1-11-9-12(18)3-6-16(11)26(23,24)19-13-4-5-14(17)15(10-13)20-7-2-8-25(20,21)22/h3-6,9-10,19H,2,7-8H2,1H3. The van der Waals surface area contributed by atoms with Gasteiger partial charge in [-0.3, -0.25) is 9.03 Å². The minimum absolute atomic E-state index is 0.0219. The van der Waals surface area contributed by atoms with Gasteiger partial charge in [0.05, 0.1) is 27.0 Å². The van der Waals surface area contributed by atoms with Crippen LogP contribution in [-0.4, -0.2) is 29.1 Å². The van der Waals surface area contributed by atoms with Crippen LogP contribution in [0.15, 0.2) is 41.3 Å². The summed E-state index contributed by atoms with van der Waals surface area (Å²) in [5.41, 5.74) is 0.643. The summed E-state index contributed by atoms with van der Waals surface area (Å²) in [5, 5.41) is 0.205. The number of anilines is 2. The van der Waals surface area contributed by atoms with Crippen LogP contribution in [0.5, 0.6) is 0 Å². The van der Waals surface area contributed by atoms with Crippen molar-refractivity contribution in [1.29, 1.82) is 0 Å². The zero-order valence-electron chi connectivity index (χ0n) is 13.7. The van der Waals surface area contributed by atoms with Crippen LogP contribution in [0, 0.1) is 12.7 Å². The highest BCUT2D eigenvalue weighted by molar-refractivity contribution is 7.93. The third kappa shape index (κ3) is 3.65. The van der Waals surface area contributed by atoms with E-state index in [1.165, 1.54) is 35.5 Å². The molecular weight excluding hydrogens is 403 g/mol. The number of halogens is 2. The maximum absolute atomic E-state index is 13.2. The van der Waals surface area contributed by atoms with Crippen LogP contribution in [-0.2, 0) is 20.0 Å². The van der Waals surface area contributed by atoms with Gasteiger partial charge in [-0.2, -0.15) is 0 Å². The SMILES string of the molecule is Cc1cc(F)ccc1S(=O)(=O)Nc1ccc(Cl)c(N2CCCS2(=O)=O)c1. The van der Waals surface area contributed by atoms with Gasteiger partial charge in [-0.1, -0.05) is 11.6 Å². The Labute approximate surface area is 156 Å². The van der Waals surface area contributed by atoms with E-state index in [4.69, 9.17) is 11.6 Å². The molecule has 6 nitrogen and oxygen atoms in total. The van der Waals surface area contributed by atoms with Crippen LogP contribution in [0.1, 0.15) is 12.0 Å². The van der Waals surface area contributed by atoms with Gasteiger partial charge in [0.1, 0.15) is 5.82 Å². The normalized spacial score (nSPS) is 16.7. The van der Waals surface area contributed by atoms with E-state index in [-0.39, 0.29) is 39.2 Å². The molecule has 2 aromatic rings. The molecule has 0 radical (unpaired) electrons. The molecule has 0 aliphatic carbocycles. The number of benzene rings is 2. The molecule has 1 aliphatic heterocycles. The molecule has 1 heterocycles. The summed E-state index contributed by atoms with van der Waals surface area (Å²) >= 11 is 6.11. The highest BCUT2D eigenvalue weighted by Crippen LogP contribution is 2.34. The first-order chi connectivity index (χ1) is 12.1. The van der Waals surface area contributed by atoms with Crippen molar-refractivity contribution in [3.8, 4) is 0 Å². The van der Waals surface area contributed by atoms with Crippen molar-refractivity contribution in [2.24, 2.45) is 0 Å². The predicted octanol–water partition coefficient (Wildman–Crippen LogP) is 3.13. The highest BCUT2D eigenvalue weighted by atomic mass is 35.5. The Hall–Kier alpha value is -1.84. The number of nitrogens with zero attached hydrogens (tertiary/aromatic N) is 1. The Balaban J connectivity index is 1.97. The van der Waals surface area contributed by atoms with E-state index in [0.29, 0.717) is 6.42 Å². The van der Waals surface area contributed by atoms with Gasteiger partial charge in [0.2, 0.25) is 10.0 Å². The van der Waals surface area contributed by atoms with Gasteiger partial charge < -0.3 is 0 Å². The zero-order valence-corrected chi connectivity index (χ0v) is 16.1. The van der Waals surface area contributed by atoms with E-state index in [9.17, 15) is 21.2 Å². The fourth-order valence-corrected chi connectivity index (χ4v) is 5.92. The third-order valence-corrected chi connectivity index (χ3v) is 7.71. The first kappa shape index (κ1) is 18.9. The Morgan fingerprint density at radius 3 is 2.54 bits per heavy atom. The lowest BCUT2D eigenvalue weighted by Gasteiger charge is -2.19. The maximum atomic E-state index is 13.2. The number of aryl methyl sites for hydroxylation is 1. The molecule has 1 N–H and O–H groups in total. The fourth-order valence-electron chi connectivity index (χ4n) is 2.80. The van der Waals surface area contributed by atoms with Crippen molar-refractivity contribution < 1.29 is 21.2 Å². The van der Waals surface area contributed by atoms with Crippen LogP contribution in [0.25, 0.3) is 0 Å². The van der Waals surface area contributed by atoms with Crippen LogP contribution < -0.4 is 9.03 Å². The molecule has 26 heavy (non-hydrogen) atoms. The van der Waals surface area contributed by atoms with Crippen molar-refractivity contribution in [3.63, 3.8) is 0 Å². The molecule has 0 atom stereocenters. The number of rotatable bonds is 4. The lowest BCUT2D eigenvalue weighted by Crippen LogP contribution is -2.25. The average molecular weight is 419 g/mol. The van der Waals surface area contributed by atoms with E-state index < -0.39 is 25.9 Å². The van der Waals surface area contributed by atoms with Crippen LogP contribution in [0.4, 0.5) is 15.8 Å². The lowest BCUT2D eigenvalue weighted by atomic mass is 10.2. The van der Waals surface area contributed by atoms with E-state index in [2.05, 4.69) is 4.72 Å². The summed E-state index contributed by atoms with van der Waals surface area (Å²) in [7, 11) is -7.43. The molecule has 0 amide bonds. The van der Waals surface area contributed by atoms with Crippen LogP contribution in [0.3, 0.4) is 0 Å². The van der Waals surface area contributed by atoms with Gasteiger partial charge in [-0.25, -0.2) is 21.2 Å². The molecule has 0 saturated carbocycles. The summed E-state index contributed by atoms with van der Waals surface area (Å²) in [6.45, 7) is 1.77. The van der Waals surface area contributed by atoms with E-state index in [1.807, 2.05) is 0 Å². The summed E-state index contributed by atoms with van der Waals surface area (Å²) in [6.07, 6.45) is 0.476. The minimum Gasteiger partial charge on any atom is -0.280 e. The van der Waals surface area contributed by atoms with Gasteiger partial charge in [0, 0.05) is 6.54 Å². The Morgan fingerprint density at radius 1 is 1.19 bits per heavy atom. The van der Waals surface area contributed by atoms with E-state index in [1.54, 1.807) is 0 Å². The van der Waals surface area contributed by atoms with Crippen LogP contribution in [0.2, 0.25) is 5.02 Å². The first-order valence-corrected chi connectivity index (χ1v) is 11.2. The molecule has 0 unspecified atom stereocenters. The summed E-state index contributed by atoms with van der Waals surface area (Å²) in [4.78, 5) is -0.0656. The number of nitrogens with one attached hydrogen (secondary N) is 1. The van der Waals surface area contributed by atoms with Crippen LogP contribution >= 0.6 is 11.6 Å². The minimum atomic E-state index is -3.97. The number of sulfonamides is 2. The first-order valence-electron chi connectivity index (χ1n) is 7.69. The predicted molar refractivity (Wildman–Crippen MR) is 99.1 cm³/mol. The largest absolute Gasteiger partial charge is 0.280 e. The molecule has 0 aromatic heterocycles. The van der Waals surface area contributed by atoms with E-state index in [0.717, 1.165) is 12.1 Å². The van der Waals surface area contributed by atoms with E-state index >= 15 is 0 Å². The lowest BCUT2D eigenvalue weighted by molar-refractivity contribution is 0.597. The second kappa shape index (κ2) is 6.71. The Morgan fingerprint density at radius 2 is 1.92 bits per heavy atom. The molecule has 10 heteroatoms. The monoisotopic (exact) mass is 418 g/mol. The molecule has 0 bridgehead atoms. The Kier molecular flexibility index (Phi) is 4.89. The second-order valence-corrected chi connectivity index (χ2v) is 9.99. The highest BCUT2D eigenvalue weighted by Gasteiger charge is 2.30. The fraction of sp³-hybridized carbons (Fsp3) is 0.250. The summed E-state index contributed by atoms with van der Waals surface area (Å²) < 4.78 is 66.1. The molecule has 1 saturated heterocycles. The summed E-state index contributed by atoms with van der Waals surface area (Å²) in [5.74, 6) is -0.511. The number of hydrogen-bond acceptors (Lipinski definition) is 4. The molecular formula is C16H16ClFN2O4S2. The van der Waals surface area contributed by atoms with Gasteiger partial charge in [-0.05, 0) is 55.3 Å². The molecule has 2 aromatic carbocycles. The van der Waals surface area contributed by atoms with Gasteiger partial charge in [0.15, 0.2) is 0 Å². The smallest absolute Gasteiger partial charge is 0.262 e.